The Balaban J connectivity index is 2.19. The fourth-order valence-electron chi connectivity index (χ4n) is 2.40. The molecule has 0 radical (unpaired) electrons. The molecule has 156 valence electrons. The second-order valence-electron chi connectivity index (χ2n) is 6.12. The first-order valence-corrected chi connectivity index (χ1v) is 9.01. The lowest BCUT2D eigenvalue weighted by Gasteiger charge is -2.15. The number of hydrogen-bond donors (Lipinski definition) is 0. The molecule has 0 heterocycles. The van der Waals surface area contributed by atoms with Crippen LogP contribution in [-0.4, -0.2) is 46.6 Å². The third kappa shape index (κ3) is 6.50. The minimum Gasteiger partial charge on any atom is -0.497 e. The van der Waals surface area contributed by atoms with E-state index in [4.69, 9.17) is 23.7 Å². The van der Waals surface area contributed by atoms with Crippen LogP contribution in [0, 0.1) is 5.82 Å². The summed E-state index contributed by atoms with van der Waals surface area (Å²) in [4.78, 5) is 11.4. The summed E-state index contributed by atoms with van der Waals surface area (Å²) in [6.45, 7) is 5.53. The number of esters is 1. The Hall–Kier alpha value is -3.06. The topological polar surface area (TPSA) is 63.2 Å². The molecule has 0 aliphatic heterocycles. The van der Waals surface area contributed by atoms with Gasteiger partial charge in [-0.15, -0.1) is 0 Å². The zero-order chi connectivity index (χ0) is 21.2. The van der Waals surface area contributed by atoms with E-state index in [1.54, 1.807) is 39.3 Å². The van der Waals surface area contributed by atoms with Crippen LogP contribution in [0.1, 0.15) is 6.92 Å². The smallest absolute Gasteiger partial charge is 0.333 e. The first kappa shape index (κ1) is 22.2. The fraction of sp³-hybridized carbons (Fsp3) is 0.318. The largest absolute Gasteiger partial charge is 0.497 e. The number of carbonyl (C=O) groups is 1. The lowest BCUT2D eigenvalue weighted by Crippen LogP contribution is -2.14. The zero-order valence-corrected chi connectivity index (χ0v) is 16.8. The SMILES string of the molecule is C=C(C)C(=O)OCCOc1c(F)cc(-c2ccc(OC)cc2)cc1OCCOC. The van der Waals surface area contributed by atoms with Gasteiger partial charge in [-0.2, -0.15) is 0 Å². The number of methoxy groups -OCH3 is 2. The molecule has 0 N–H and O–H groups in total. The first-order chi connectivity index (χ1) is 14.0. The van der Waals surface area contributed by atoms with Crippen LogP contribution in [-0.2, 0) is 14.3 Å². The third-order valence-electron chi connectivity index (χ3n) is 3.89. The summed E-state index contributed by atoms with van der Waals surface area (Å²) in [6, 6.07) is 10.3. The zero-order valence-electron chi connectivity index (χ0n) is 16.8. The van der Waals surface area contributed by atoms with Crippen LogP contribution in [0.25, 0.3) is 11.1 Å². The van der Waals surface area contributed by atoms with Crippen LogP contribution < -0.4 is 14.2 Å². The molecule has 2 aromatic rings. The molecule has 0 aliphatic rings. The highest BCUT2D eigenvalue weighted by Gasteiger charge is 2.16. The van der Waals surface area contributed by atoms with Crippen LogP contribution in [0.2, 0.25) is 0 Å². The predicted molar refractivity (Wildman–Crippen MR) is 107 cm³/mol. The van der Waals surface area contributed by atoms with E-state index >= 15 is 0 Å². The number of hydrogen-bond acceptors (Lipinski definition) is 6. The molecule has 7 heteroatoms. The van der Waals surface area contributed by atoms with Crippen molar-refractivity contribution in [2.45, 2.75) is 6.92 Å². The summed E-state index contributed by atoms with van der Waals surface area (Å²) < 4.78 is 41.0. The van der Waals surface area contributed by atoms with Gasteiger partial charge in [0.2, 0.25) is 0 Å². The van der Waals surface area contributed by atoms with E-state index in [0.29, 0.717) is 17.9 Å². The normalized spacial score (nSPS) is 10.3. The van der Waals surface area contributed by atoms with Gasteiger partial charge in [-0.05, 0) is 42.3 Å². The quantitative estimate of drug-likeness (QED) is 0.320. The number of rotatable bonds is 11. The van der Waals surface area contributed by atoms with Crippen LogP contribution in [0.5, 0.6) is 17.2 Å². The van der Waals surface area contributed by atoms with E-state index in [-0.39, 0.29) is 36.9 Å². The Kier molecular flexibility index (Phi) is 8.48. The standard InChI is InChI=1S/C22H25FO6/c1-15(2)22(24)29-12-11-28-21-19(23)13-17(14-20(21)27-10-9-25-3)16-5-7-18(26-4)8-6-16/h5-8,13-14H,1,9-12H2,2-4H3. The van der Waals surface area contributed by atoms with E-state index in [9.17, 15) is 9.18 Å². The molecule has 0 aliphatic carbocycles. The van der Waals surface area contributed by atoms with Gasteiger partial charge in [-0.1, -0.05) is 18.7 Å². The van der Waals surface area contributed by atoms with Crippen LogP contribution in [0.15, 0.2) is 48.6 Å². The van der Waals surface area contributed by atoms with Crippen LogP contribution in [0.3, 0.4) is 0 Å². The third-order valence-corrected chi connectivity index (χ3v) is 3.89. The highest BCUT2D eigenvalue weighted by Crippen LogP contribution is 2.36. The van der Waals surface area contributed by atoms with E-state index in [1.165, 1.54) is 6.07 Å². The van der Waals surface area contributed by atoms with Crippen molar-refractivity contribution in [1.29, 1.82) is 0 Å². The van der Waals surface area contributed by atoms with E-state index in [2.05, 4.69) is 6.58 Å². The van der Waals surface area contributed by atoms with E-state index in [1.807, 2.05) is 12.1 Å². The van der Waals surface area contributed by atoms with Crippen molar-refractivity contribution >= 4 is 5.97 Å². The van der Waals surface area contributed by atoms with Crippen molar-refractivity contribution in [3.8, 4) is 28.4 Å². The van der Waals surface area contributed by atoms with E-state index in [0.717, 1.165) is 5.56 Å². The molecule has 29 heavy (non-hydrogen) atoms. The van der Waals surface area contributed by atoms with Gasteiger partial charge in [-0.3, -0.25) is 0 Å². The lowest BCUT2D eigenvalue weighted by atomic mass is 10.0. The molecule has 2 aromatic carbocycles. The second-order valence-corrected chi connectivity index (χ2v) is 6.12. The maximum atomic E-state index is 14.8. The minimum atomic E-state index is -0.586. The average Bonchev–Trinajstić information content (AvgIpc) is 2.72. The van der Waals surface area contributed by atoms with Crippen molar-refractivity contribution in [3.05, 3.63) is 54.4 Å². The van der Waals surface area contributed by atoms with Crippen molar-refractivity contribution < 1.29 is 32.9 Å². The summed E-state index contributed by atoms with van der Waals surface area (Å²) >= 11 is 0. The number of carbonyl (C=O) groups excluding carboxylic acids is 1. The van der Waals surface area contributed by atoms with Crippen molar-refractivity contribution in [2.24, 2.45) is 0 Å². The van der Waals surface area contributed by atoms with Gasteiger partial charge in [0.1, 0.15) is 25.6 Å². The van der Waals surface area contributed by atoms with Crippen molar-refractivity contribution in [2.75, 3.05) is 40.6 Å². The molecule has 0 spiro atoms. The molecule has 0 bridgehead atoms. The molecule has 0 aromatic heterocycles. The minimum absolute atomic E-state index is 0.0293. The highest BCUT2D eigenvalue weighted by atomic mass is 19.1. The van der Waals surface area contributed by atoms with Crippen LogP contribution in [0.4, 0.5) is 4.39 Å². The fourth-order valence-corrected chi connectivity index (χ4v) is 2.40. The molecular weight excluding hydrogens is 379 g/mol. The van der Waals surface area contributed by atoms with E-state index < -0.39 is 11.8 Å². The summed E-state index contributed by atoms with van der Waals surface area (Å²) in [5, 5.41) is 0. The molecule has 2 rings (SSSR count). The Morgan fingerprint density at radius 1 is 0.966 bits per heavy atom. The van der Waals surface area contributed by atoms with Gasteiger partial charge >= 0.3 is 5.97 Å². The summed E-state index contributed by atoms with van der Waals surface area (Å²) in [6.07, 6.45) is 0. The Labute approximate surface area is 169 Å². The second kappa shape index (κ2) is 11.1. The van der Waals surface area contributed by atoms with Gasteiger partial charge < -0.3 is 23.7 Å². The molecular formula is C22H25FO6. The monoisotopic (exact) mass is 404 g/mol. The van der Waals surface area contributed by atoms with Gasteiger partial charge in [0.15, 0.2) is 17.3 Å². The van der Waals surface area contributed by atoms with Crippen molar-refractivity contribution in [3.63, 3.8) is 0 Å². The maximum absolute atomic E-state index is 14.8. The predicted octanol–water partition coefficient (Wildman–Crippen LogP) is 4.02. The average molecular weight is 404 g/mol. The Morgan fingerprint density at radius 2 is 1.66 bits per heavy atom. The van der Waals surface area contributed by atoms with Gasteiger partial charge in [0, 0.05) is 12.7 Å². The Morgan fingerprint density at radius 3 is 2.28 bits per heavy atom. The molecule has 0 atom stereocenters. The summed E-state index contributed by atoms with van der Waals surface area (Å²) in [7, 11) is 3.13. The van der Waals surface area contributed by atoms with Gasteiger partial charge in [0.25, 0.3) is 0 Å². The maximum Gasteiger partial charge on any atom is 0.333 e. The number of halogens is 1. The number of benzene rings is 2. The van der Waals surface area contributed by atoms with Crippen LogP contribution >= 0.6 is 0 Å². The Bertz CT molecular complexity index is 832. The summed E-state index contributed by atoms with van der Waals surface area (Å²) in [5.41, 5.74) is 1.70. The molecule has 0 amide bonds. The number of ether oxygens (including phenoxy) is 5. The first-order valence-electron chi connectivity index (χ1n) is 9.01. The highest BCUT2D eigenvalue weighted by molar-refractivity contribution is 5.86. The van der Waals surface area contributed by atoms with Crippen molar-refractivity contribution in [1.82, 2.24) is 0 Å². The molecule has 0 saturated heterocycles. The molecule has 0 saturated carbocycles. The lowest BCUT2D eigenvalue weighted by molar-refractivity contribution is -0.139. The molecule has 0 unspecified atom stereocenters. The molecule has 6 nitrogen and oxygen atoms in total. The summed E-state index contributed by atoms with van der Waals surface area (Å²) in [5.74, 6) is -0.226. The van der Waals surface area contributed by atoms with Gasteiger partial charge in [-0.25, -0.2) is 9.18 Å². The molecule has 0 fully saturated rings. The van der Waals surface area contributed by atoms with Gasteiger partial charge in [0.05, 0.1) is 13.7 Å².